The zero-order valence-electron chi connectivity index (χ0n) is 7.27. The van der Waals surface area contributed by atoms with Crippen molar-refractivity contribution in [3.05, 3.63) is 42.6 Å². The molecule has 14 heavy (non-hydrogen) atoms. The van der Waals surface area contributed by atoms with Crippen molar-refractivity contribution < 1.29 is 8.81 Å². The Kier molecular flexibility index (Phi) is 2.40. The Morgan fingerprint density at radius 3 is 2.93 bits per heavy atom. The third kappa shape index (κ3) is 2.07. The maximum Gasteiger partial charge on any atom is 0.212 e. The molecule has 0 bridgehead atoms. The molecule has 0 aromatic carbocycles. The third-order valence-corrected chi connectivity index (χ3v) is 1.68. The highest BCUT2D eigenvalue weighted by Crippen LogP contribution is 2.07. The quantitative estimate of drug-likeness (QED) is 0.755. The first-order chi connectivity index (χ1) is 6.84. The monoisotopic (exact) mass is 193 g/mol. The van der Waals surface area contributed by atoms with Gasteiger partial charge in [0.1, 0.15) is 5.76 Å². The number of halogens is 1. The summed E-state index contributed by atoms with van der Waals surface area (Å²) in [5.74, 6) is 0.226. The number of aromatic nitrogens is 2. The van der Waals surface area contributed by atoms with Crippen LogP contribution in [0.25, 0.3) is 0 Å². The van der Waals surface area contributed by atoms with Gasteiger partial charge in [-0.1, -0.05) is 0 Å². The van der Waals surface area contributed by atoms with Crippen molar-refractivity contribution >= 4 is 5.69 Å². The van der Waals surface area contributed by atoms with Crippen molar-refractivity contribution in [3.63, 3.8) is 0 Å². The van der Waals surface area contributed by atoms with Gasteiger partial charge >= 0.3 is 0 Å². The summed E-state index contributed by atoms with van der Waals surface area (Å²) in [5.41, 5.74) is 0.739. The van der Waals surface area contributed by atoms with Gasteiger partial charge in [0.2, 0.25) is 5.95 Å². The van der Waals surface area contributed by atoms with E-state index in [-0.39, 0.29) is 0 Å². The minimum absolute atomic E-state index is 0.491. The van der Waals surface area contributed by atoms with E-state index in [9.17, 15) is 4.39 Å². The standard InChI is InChI=1S/C9H8FN3O/c10-9-2-1-7(3-13-9)12-5-8-4-11-6-14-8/h1-4,6,12H,5H2. The van der Waals surface area contributed by atoms with Crippen molar-refractivity contribution in [2.24, 2.45) is 0 Å². The molecule has 0 saturated heterocycles. The lowest BCUT2D eigenvalue weighted by Crippen LogP contribution is -1.98. The zero-order valence-corrected chi connectivity index (χ0v) is 7.27. The Morgan fingerprint density at radius 2 is 2.29 bits per heavy atom. The molecule has 0 fully saturated rings. The van der Waals surface area contributed by atoms with Crippen LogP contribution in [0.5, 0.6) is 0 Å². The van der Waals surface area contributed by atoms with Crippen LogP contribution in [0.1, 0.15) is 5.76 Å². The van der Waals surface area contributed by atoms with Crippen molar-refractivity contribution in [1.82, 2.24) is 9.97 Å². The van der Waals surface area contributed by atoms with E-state index in [2.05, 4.69) is 15.3 Å². The van der Waals surface area contributed by atoms with Crippen LogP contribution in [0.3, 0.4) is 0 Å². The number of oxazole rings is 1. The molecule has 0 radical (unpaired) electrons. The predicted molar refractivity (Wildman–Crippen MR) is 48.0 cm³/mol. The minimum atomic E-state index is -0.491. The minimum Gasteiger partial charge on any atom is -0.447 e. The van der Waals surface area contributed by atoms with Gasteiger partial charge in [-0.3, -0.25) is 0 Å². The van der Waals surface area contributed by atoms with Crippen LogP contribution in [0.4, 0.5) is 10.1 Å². The normalized spacial score (nSPS) is 10.1. The number of hydrogen-bond acceptors (Lipinski definition) is 4. The molecule has 0 saturated carbocycles. The number of pyridine rings is 1. The second-order valence-electron chi connectivity index (χ2n) is 2.69. The summed E-state index contributed by atoms with van der Waals surface area (Å²) in [5, 5.41) is 3.01. The fourth-order valence-corrected chi connectivity index (χ4v) is 0.999. The highest BCUT2D eigenvalue weighted by molar-refractivity contribution is 5.39. The predicted octanol–water partition coefficient (Wildman–Crippen LogP) is 1.82. The van der Waals surface area contributed by atoms with E-state index in [1.54, 1.807) is 12.3 Å². The second kappa shape index (κ2) is 3.87. The Labute approximate surface area is 79.8 Å². The maximum absolute atomic E-state index is 12.4. The van der Waals surface area contributed by atoms with Crippen LogP contribution in [-0.4, -0.2) is 9.97 Å². The van der Waals surface area contributed by atoms with E-state index < -0.39 is 5.95 Å². The van der Waals surface area contributed by atoms with Crippen LogP contribution < -0.4 is 5.32 Å². The fourth-order valence-electron chi connectivity index (χ4n) is 0.999. The first-order valence-electron chi connectivity index (χ1n) is 4.07. The van der Waals surface area contributed by atoms with Crippen LogP contribution in [0.2, 0.25) is 0 Å². The number of nitrogens with one attached hydrogen (secondary N) is 1. The second-order valence-corrected chi connectivity index (χ2v) is 2.69. The van der Waals surface area contributed by atoms with Gasteiger partial charge < -0.3 is 9.73 Å². The van der Waals surface area contributed by atoms with Gasteiger partial charge in [-0.25, -0.2) is 9.97 Å². The summed E-state index contributed by atoms with van der Waals surface area (Å²) in [4.78, 5) is 7.27. The van der Waals surface area contributed by atoms with E-state index >= 15 is 0 Å². The summed E-state index contributed by atoms with van der Waals surface area (Å²) in [7, 11) is 0. The van der Waals surface area contributed by atoms with Gasteiger partial charge in [-0.05, 0) is 12.1 Å². The van der Waals surface area contributed by atoms with E-state index in [1.165, 1.54) is 18.7 Å². The van der Waals surface area contributed by atoms with Gasteiger partial charge in [-0.15, -0.1) is 0 Å². The zero-order chi connectivity index (χ0) is 9.80. The highest BCUT2D eigenvalue weighted by Gasteiger charge is 1.97. The summed E-state index contributed by atoms with van der Waals surface area (Å²) in [6.45, 7) is 0.507. The number of anilines is 1. The largest absolute Gasteiger partial charge is 0.447 e. The molecule has 2 rings (SSSR count). The molecule has 4 nitrogen and oxygen atoms in total. The van der Waals surface area contributed by atoms with Gasteiger partial charge in [0.25, 0.3) is 0 Å². The van der Waals surface area contributed by atoms with Crippen LogP contribution in [0.15, 0.2) is 35.3 Å². The molecule has 5 heteroatoms. The van der Waals surface area contributed by atoms with Crippen molar-refractivity contribution in [2.45, 2.75) is 6.54 Å². The molecule has 2 aromatic rings. The lowest BCUT2D eigenvalue weighted by molar-refractivity contribution is 0.511. The molecule has 72 valence electrons. The Hall–Kier alpha value is -1.91. The molecule has 0 aliphatic carbocycles. The smallest absolute Gasteiger partial charge is 0.212 e. The lowest BCUT2D eigenvalue weighted by atomic mass is 10.4. The van der Waals surface area contributed by atoms with Crippen LogP contribution in [-0.2, 0) is 6.54 Å². The van der Waals surface area contributed by atoms with Crippen molar-refractivity contribution in [1.29, 1.82) is 0 Å². The summed E-state index contributed by atoms with van der Waals surface area (Å²) in [6.07, 6.45) is 4.40. The first kappa shape index (κ1) is 8.68. The van der Waals surface area contributed by atoms with Gasteiger partial charge in [0.15, 0.2) is 6.39 Å². The average molecular weight is 193 g/mol. The van der Waals surface area contributed by atoms with Crippen molar-refractivity contribution in [3.8, 4) is 0 Å². The summed E-state index contributed by atoms with van der Waals surface area (Å²) >= 11 is 0. The Bertz CT molecular complexity index is 385. The van der Waals surface area contributed by atoms with Gasteiger partial charge in [0.05, 0.1) is 24.6 Å². The molecule has 2 aromatic heterocycles. The van der Waals surface area contributed by atoms with Crippen LogP contribution >= 0.6 is 0 Å². The topological polar surface area (TPSA) is 51.0 Å². The van der Waals surface area contributed by atoms with E-state index in [0.717, 1.165) is 5.69 Å². The molecular weight excluding hydrogens is 185 g/mol. The van der Waals surface area contributed by atoms with Gasteiger partial charge in [0, 0.05) is 0 Å². The maximum atomic E-state index is 12.4. The molecule has 0 unspecified atom stereocenters. The summed E-state index contributed by atoms with van der Waals surface area (Å²) in [6, 6.07) is 2.90. The number of nitrogens with zero attached hydrogens (tertiary/aromatic N) is 2. The number of hydrogen-bond donors (Lipinski definition) is 1. The lowest BCUT2D eigenvalue weighted by Gasteiger charge is -2.02. The summed E-state index contributed by atoms with van der Waals surface area (Å²) < 4.78 is 17.4. The SMILES string of the molecule is Fc1ccc(NCc2cnco2)cn1. The molecule has 0 aliphatic rings. The van der Waals surface area contributed by atoms with Crippen LogP contribution in [0, 0.1) is 5.95 Å². The van der Waals surface area contributed by atoms with E-state index in [1.807, 2.05) is 0 Å². The van der Waals surface area contributed by atoms with Crippen molar-refractivity contribution in [2.75, 3.05) is 5.32 Å². The highest BCUT2D eigenvalue weighted by atomic mass is 19.1. The van der Waals surface area contributed by atoms with E-state index in [4.69, 9.17) is 4.42 Å². The third-order valence-electron chi connectivity index (χ3n) is 1.68. The fraction of sp³-hybridized carbons (Fsp3) is 0.111. The average Bonchev–Trinajstić information content (AvgIpc) is 2.70. The molecular formula is C9H8FN3O. The molecule has 0 atom stereocenters. The molecule has 0 spiro atoms. The molecule has 1 N–H and O–H groups in total. The Morgan fingerprint density at radius 1 is 1.36 bits per heavy atom. The molecule has 0 amide bonds. The Balaban J connectivity index is 1.95. The molecule has 2 heterocycles. The van der Waals surface area contributed by atoms with Gasteiger partial charge in [-0.2, -0.15) is 4.39 Å². The number of rotatable bonds is 3. The van der Waals surface area contributed by atoms with E-state index in [0.29, 0.717) is 12.3 Å². The first-order valence-corrected chi connectivity index (χ1v) is 4.07. The molecule has 0 aliphatic heterocycles.